The maximum absolute atomic E-state index is 11.9. The first-order valence-electron chi connectivity index (χ1n) is 7.11. The van der Waals surface area contributed by atoms with Gasteiger partial charge in [0, 0.05) is 17.5 Å². The van der Waals surface area contributed by atoms with E-state index >= 15 is 0 Å². The molecule has 1 aromatic heterocycles. The minimum absolute atomic E-state index is 0.0942. The van der Waals surface area contributed by atoms with Gasteiger partial charge in [-0.15, -0.1) is 0 Å². The number of aromatic nitrogens is 1. The second-order valence-electron chi connectivity index (χ2n) is 5.14. The third-order valence-corrected chi connectivity index (χ3v) is 3.57. The molecule has 1 N–H and O–H groups in total. The van der Waals surface area contributed by atoms with Gasteiger partial charge in [0.05, 0.1) is 4.92 Å². The van der Waals surface area contributed by atoms with E-state index in [4.69, 9.17) is 11.6 Å². The average molecular weight is 334 g/mol. The predicted molar refractivity (Wildman–Crippen MR) is 88.6 cm³/mol. The maximum atomic E-state index is 11.9. The largest absolute Gasteiger partial charge is 0.310 e. The van der Waals surface area contributed by atoms with Crippen molar-refractivity contribution in [1.29, 1.82) is 0 Å². The molecular formula is C16H16ClN3O3. The van der Waals surface area contributed by atoms with Crippen molar-refractivity contribution in [2.24, 2.45) is 0 Å². The Morgan fingerprint density at radius 1 is 1.35 bits per heavy atom. The molecule has 7 heteroatoms. The molecule has 120 valence electrons. The predicted octanol–water partition coefficient (Wildman–Crippen LogP) is 3.91. The number of nitro groups is 1. The Kier molecular flexibility index (Phi) is 5.65. The van der Waals surface area contributed by atoms with Crippen LogP contribution >= 0.6 is 11.6 Å². The zero-order chi connectivity index (χ0) is 16.8. The van der Waals surface area contributed by atoms with E-state index in [0.29, 0.717) is 29.2 Å². The van der Waals surface area contributed by atoms with E-state index in [-0.39, 0.29) is 11.6 Å². The number of hydrogen-bond acceptors (Lipinski definition) is 4. The second-order valence-corrected chi connectivity index (χ2v) is 5.58. The Bertz CT molecular complexity index is 717. The Morgan fingerprint density at radius 3 is 2.65 bits per heavy atom. The van der Waals surface area contributed by atoms with E-state index in [1.165, 1.54) is 6.07 Å². The molecule has 0 saturated heterocycles. The quantitative estimate of drug-likeness (QED) is 0.641. The monoisotopic (exact) mass is 333 g/mol. The number of rotatable bonds is 6. The standard InChI is InChI=1S/C16H16ClN3O3/c1-11-9-14(20(22)23)10-18-16(11)19-15(21)4-2-3-12-5-7-13(17)8-6-12/h5-10H,2-4H2,1H3,(H,18,19,21). The fraction of sp³-hybridized carbons (Fsp3) is 0.250. The Balaban J connectivity index is 1.85. The highest BCUT2D eigenvalue weighted by Gasteiger charge is 2.11. The van der Waals surface area contributed by atoms with E-state index < -0.39 is 4.92 Å². The molecule has 1 heterocycles. The summed E-state index contributed by atoms with van der Waals surface area (Å²) < 4.78 is 0. The average Bonchev–Trinajstić information content (AvgIpc) is 2.51. The summed E-state index contributed by atoms with van der Waals surface area (Å²) in [5.74, 6) is 0.190. The highest BCUT2D eigenvalue weighted by atomic mass is 35.5. The van der Waals surface area contributed by atoms with Gasteiger partial charge < -0.3 is 5.32 Å². The van der Waals surface area contributed by atoms with E-state index in [9.17, 15) is 14.9 Å². The van der Waals surface area contributed by atoms with Crippen LogP contribution in [0.4, 0.5) is 11.5 Å². The van der Waals surface area contributed by atoms with Crippen LogP contribution in [0, 0.1) is 17.0 Å². The molecule has 2 rings (SSSR count). The summed E-state index contributed by atoms with van der Waals surface area (Å²) in [5, 5.41) is 14.0. The van der Waals surface area contributed by atoms with Crippen LogP contribution in [0.15, 0.2) is 36.5 Å². The Labute approximate surface area is 138 Å². The number of hydrogen-bond donors (Lipinski definition) is 1. The molecular weight excluding hydrogens is 318 g/mol. The van der Waals surface area contributed by atoms with Crippen LogP contribution in [0.1, 0.15) is 24.0 Å². The summed E-state index contributed by atoms with van der Waals surface area (Å²) in [4.78, 5) is 26.0. The normalized spacial score (nSPS) is 10.3. The van der Waals surface area contributed by atoms with Crippen molar-refractivity contribution in [3.8, 4) is 0 Å². The van der Waals surface area contributed by atoms with E-state index in [1.807, 2.05) is 24.3 Å². The van der Waals surface area contributed by atoms with Gasteiger partial charge in [-0.3, -0.25) is 14.9 Å². The van der Waals surface area contributed by atoms with Crippen LogP contribution in [0.2, 0.25) is 5.02 Å². The lowest BCUT2D eigenvalue weighted by molar-refractivity contribution is -0.385. The Hall–Kier alpha value is -2.47. The van der Waals surface area contributed by atoms with Crippen molar-refractivity contribution in [2.45, 2.75) is 26.2 Å². The molecule has 0 spiro atoms. The van der Waals surface area contributed by atoms with Crippen LogP contribution in [0.25, 0.3) is 0 Å². The van der Waals surface area contributed by atoms with Crippen LogP contribution < -0.4 is 5.32 Å². The lowest BCUT2D eigenvalue weighted by Gasteiger charge is -2.07. The molecule has 0 aliphatic carbocycles. The first-order chi connectivity index (χ1) is 11.0. The molecule has 1 amide bonds. The van der Waals surface area contributed by atoms with Gasteiger partial charge in [0.2, 0.25) is 5.91 Å². The molecule has 1 aromatic carbocycles. The lowest BCUT2D eigenvalue weighted by Crippen LogP contribution is -2.13. The first-order valence-corrected chi connectivity index (χ1v) is 7.49. The van der Waals surface area contributed by atoms with Crippen LogP contribution in [0.3, 0.4) is 0 Å². The van der Waals surface area contributed by atoms with Gasteiger partial charge in [-0.1, -0.05) is 23.7 Å². The van der Waals surface area contributed by atoms with Crippen molar-refractivity contribution < 1.29 is 9.72 Å². The van der Waals surface area contributed by atoms with Crippen molar-refractivity contribution in [1.82, 2.24) is 4.98 Å². The number of nitrogens with one attached hydrogen (secondary N) is 1. The molecule has 0 saturated carbocycles. The number of aryl methyl sites for hydroxylation is 2. The summed E-state index contributed by atoms with van der Waals surface area (Å²) in [7, 11) is 0. The van der Waals surface area contributed by atoms with Crippen LogP contribution in [-0.4, -0.2) is 15.8 Å². The molecule has 0 atom stereocenters. The number of nitrogens with zero attached hydrogens (tertiary/aromatic N) is 2. The maximum Gasteiger partial charge on any atom is 0.287 e. The third-order valence-electron chi connectivity index (χ3n) is 3.32. The van der Waals surface area contributed by atoms with Crippen LogP contribution in [0.5, 0.6) is 0 Å². The number of carbonyl (C=O) groups excluding carboxylic acids is 1. The third kappa shape index (κ3) is 5.03. The fourth-order valence-corrected chi connectivity index (χ4v) is 2.22. The summed E-state index contributed by atoms with van der Waals surface area (Å²) in [5.41, 5.74) is 1.58. The van der Waals surface area contributed by atoms with Crippen molar-refractivity contribution >= 4 is 29.0 Å². The number of pyridine rings is 1. The van der Waals surface area contributed by atoms with Gasteiger partial charge in [-0.05, 0) is 43.0 Å². The van der Waals surface area contributed by atoms with Crippen molar-refractivity contribution in [3.05, 3.63) is 62.8 Å². The van der Waals surface area contributed by atoms with Gasteiger partial charge in [-0.2, -0.15) is 0 Å². The van der Waals surface area contributed by atoms with E-state index in [2.05, 4.69) is 10.3 Å². The number of benzene rings is 1. The molecule has 0 aliphatic heterocycles. The van der Waals surface area contributed by atoms with E-state index in [0.717, 1.165) is 18.2 Å². The van der Waals surface area contributed by atoms with Crippen molar-refractivity contribution in [2.75, 3.05) is 5.32 Å². The van der Waals surface area contributed by atoms with Crippen LogP contribution in [-0.2, 0) is 11.2 Å². The minimum atomic E-state index is -0.516. The zero-order valence-electron chi connectivity index (χ0n) is 12.6. The molecule has 0 bridgehead atoms. The van der Waals surface area contributed by atoms with Gasteiger partial charge >= 0.3 is 0 Å². The molecule has 2 aromatic rings. The topological polar surface area (TPSA) is 85.1 Å². The number of carbonyl (C=O) groups is 1. The second kappa shape index (κ2) is 7.69. The van der Waals surface area contributed by atoms with Gasteiger partial charge in [0.1, 0.15) is 12.0 Å². The summed E-state index contributed by atoms with van der Waals surface area (Å²) in [6.45, 7) is 1.67. The van der Waals surface area contributed by atoms with Gasteiger partial charge in [-0.25, -0.2) is 4.98 Å². The lowest BCUT2D eigenvalue weighted by atomic mass is 10.1. The fourth-order valence-electron chi connectivity index (χ4n) is 2.09. The number of anilines is 1. The zero-order valence-corrected chi connectivity index (χ0v) is 13.3. The highest BCUT2D eigenvalue weighted by Crippen LogP contribution is 2.18. The smallest absolute Gasteiger partial charge is 0.287 e. The molecule has 0 fully saturated rings. The minimum Gasteiger partial charge on any atom is -0.310 e. The SMILES string of the molecule is Cc1cc([N+](=O)[O-])cnc1NC(=O)CCCc1ccc(Cl)cc1. The van der Waals surface area contributed by atoms with E-state index in [1.54, 1.807) is 6.92 Å². The summed E-state index contributed by atoms with van der Waals surface area (Å²) in [6, 6.07) is 8.89. The summed E-state index contributed by atoms with van der Waals surface area (Å²) in [6.07, 6.45) is 2.95. The van der Waals surface area contributed by atoms with Gasteiger partial charge in [0.15, 0.2) is 0 Å². The molecule has 0 unspecified atom stereocenters. The highest BCUT2D eigenvalue weighted by molar-refractivity contribution is 6.30. The number of amides is 1. The Morgan fingerprint density at radius 2 is 2.04 bits per heavy atom. The molecule has 6 nitrogen and oxygen atoms in total. The van der Waals surface area contributed by atoms with Crippen molar-refractivity contribution in [3.63, 3.8) is 0 Å². The number of halogens is 1. The molecule has 0 radical (unpaired) electrons. The van der Waals surface area contributed by atoms with Gasteiger partial charge in [0.25, 0.3) is 5.69 Å². The molecule has 23 heavy (non-hydrogen) atoms. The first kappa shape index (κ1) is 16.9. The summed E-state index contributed by atoms with van der Waals surface area (Å²) >= 11 is 5.82. The molecule has 0 aliphatic rings.